The highest BCUT2D eigenvalue weighted by molar-refractivity contribution is 5.91. The van der Waals surface area contributed by atoms with Crippen LogP contribution < -0.4 is 10.6 Å². The molecule has 0 fully saturated rings. The second kappa shape index (κ2) is 5.46. The Balaban J connectivity index is 2.49. The smallest absolute Gasteiger partial charge is 0.368 e. The maximum Gasteiger partial charge on any atom is 0.390 e. The van der Waals surface area contributed by atoms with Crippen LogP contribution in [0, 0.1) is 0 Å². The SMILES string of the molecule is CNC(=O)c1ccc(NCCC(F)(F)F)nn1. The minimum atomic E-state index is -4.21. The van der Waals surface area contributed by atoms with Gasteiger partial charge in [0.1, 0.15) is 5.82 Å². The van der Waals surface area contributed by atoms with Crippen LogP contribution >= 0.6 is 0 Å². The maximum absolute atomic E-state index is 11.8. The number of carbonyl (C=O) groups excluding carboxylic acids is 1. The summed E-state index contributed by atoms with van der Waals surface area (Å²) in [6.07, 6.45) is -5.16. The first-order chi connectivity index (χ1) is 7.92. The van der Waals surface area contributed by atoms with Gasteiger partial charge in [-0.3, -0.25) is 4.79 Å². The molecule has 1 rings (SSSR count). The Kier molecular flexibility index (Phi) is 4.24. The summed E-state index contributed by atoms with van der Waals surface area (Å²) in [6, 6.07) is 2.77. The molecule has 1 aromatic heterocycles. The summed E-state index contributed by atoms with van der Waals surface area (Å²) in [4.78, 5) is 11.1. The molecule has 0 unspecified atom stereocenters. The zero-order chi connectivity index (χ0) is 12.9. The topological polar surface area (TPSA) is 66.9 Å². The van der Waals surface area contributed by atoms with Crippen LogP contribution in [0.1, 0.15) is 16.9 Å². The van der Waals surface area contributed by atoms with Crippen LogP contribution in [-0.4, -0.2) is 35.9 Å². The van der Waals surface area contributed by atoms with E-state index in [2.05, 4.69) is 20.8 Å². The van der Waals surface area contributed by atoms with Gasteiger partial charge in [-0.25, -0.2) is 0 Å². The van der Waals surface area contributed by atoms with Gasteiger partial charge in [-0.15, -0.1) is 10.2 Å². The van der Waals surface area contributed by atoms with E-state index in [9.17, 15) is 18.0 Å². The highest BCUT2D eigenvalue weighted by Crippen LogP contribution is 2.19. The van der Waals surface area contributed by atoms with Crippen molar-refractivity contribution in [2.45, 2.75) is 12.6 Å². The van der Waals surface area contributed by atoms with Crippen molar-refractivity contribution in [2.75, 3.05) is 18.9 Å². The number of halogens is 3. The van der Waals surface area contributed by atoms with Gasteiger partial charge in [0.15, 0.2) is 5.69 Å². The zero-order valence-corrected chi connectivity index (χ0v) is 9.01. The van der Waals surface area contributed by atoms with Gasteiger partial charge in [0.05, 0.1) is 6.42 Å². The Labute approximate surface area is 95.4 Å². The third-order valence-corrected chi connectivity index (χ3v) is 1.84. The van der Waals surface area contributed by atoms with Crippen molar-refractivity contribution < 1.29 is 18.0 Å². The molecule has 0 bridgehead atoms. The van der Waals surface area contributed by atoms with Crippen molar-refractivity contribution in [2.24, 2.45) is 0 Å². The van der Waals surface area contributed by atoms with E-state index in [1.54, 1.807) is 0 Å². The van der Waals surface area contributed by atoms with E-state index in [4.69, 9.17) is 0 Å². The van der Waals surface area contributed by atoms with Crippen LogP contribution in [0.5, 0.6) is 0 Å². The lowest BCUT2D eigenvalue weighted by Crippen LogP contribution is -2.20. The van der Waals surface area contributed by atoms with Crippen molar-refractivity contribution in [1.29, 1.82) is 0 Å². The van der Waals surface area contributed by atoms with Gasteiger partial charge >= 0.3 is 6.18 Å². The molecule has 0 aliphatic rings. The van der Waals surface area contributed by atoms with Gasteiger partial charge in [-0.1, -0.05) is 0 Å². The average molecular weight is 248 g/mol. The second-order valence-electron chi connectivity index (χ2n) is 3.17. The minimum Gasteiger partial charge on any atom is -0.368 e. The molecule has 5 nitrogen and oxygen atoms in total. The van der Waals surface area contributed by atoms with Crippen LogP contribution in [0.25, 0.3) is 0 Å². The van der Waals surface area contributed by atoms with Crippen molar-refractivity contribution in [1.82, 2.24) is 15.5 Å². The molecule has 1 amide bonds. The fourth-order valence-corrected chi connectivity index (χ4v) is 1.01. The van der Waals surface area contributed by atoms with Gasteiger partial charge in [0.2, 0.25) is 0 Å². The molecule has 0 spiro atoms. The Morgan fingerprint density at radius 2 is 2.06 bits per heavy atom. The Bertz CT molecular complexity index is 377. The molecule has 2 N–H and O–H groups in total. The van der Waals surface area contributed by atoms with E-state index in [0.29, 0.717) is 0 Å². The Hall–Kier alpha value is -1.86. The number of amides is 1. The highest BCUT2D eigenvalue weighted by Gasteiger charge is 2.26. The molecular formula is C9H11F3N4O. The van der Waals surface area contributed by atoms with Crippen molar-refractivity contribution >= 4 is 11.7 Å². The first kappa shape index (κ1) is 13.2. The van der Waals surface area contributed by atoms with Crippen molar-refractivity contribution in [3.8, 4) is 0 Å². The summed E-state index contributed by atoms with van der Waals surface area (Å²) in [5.74, 6) is -0.207. The number of carbonyl (C=O) groups is 1. The normalized spacial score (nSPS) is 11.1. The number of anilines is 1. The number of hydrogen-bond donors (Lipinski definition) is 2. The third kappa shape index (κ3) is 4.66. The molecule has 0 radical (unpaired) electrons. The lowest BCUT2D eigenvalue weighted by molar-refractivity contribution is -0.131. The van der Waals surface area contributed by atoms with E-state index in [1.807, 2.05) is 0 Å². The molecule has 0 aromatic carbocycles. The molecule has 0 saturated carbocycles. The summed E-state index contributed by atoms with van der Waals surface area (Å²) in [5.41, 5.74) is 0.105. The standard InChI is InChI=1S/C9H11F3N4O/c1-13-8(17)6-2-3-7(16-15-6)14-5-4-9(10,11)12/h2-3H,4-5H2,1H3,(H,13,17)(H,14,16). The predicted octanol–water partition coefficient (Wildman–Crippen LogP) is 1.20. The van der Waals surface area contributed by atoms with Gasteiger partial charge in [-0.05, 0) is 12.1 Å². The fraction of sp³-hybridized carbons (Fsp3) is 0.444. The number of nitrogens with zero attached hydrogens (tertiary/aromatic N) is 2. The lowest BCUT2D eigenvalue weighted by atomic mass is 10.3. The van der Waals surface area contributed by atoms with Crippen molar-refractivity contribution in [3.63, 3.8) is 0 Å². The first-order valence-corrected chi connectivity index (χ1v) is 4.79. The molecule has 17 heavy (non-hydrogen) atoms. The second-order valence-corrected chi connectivity index (χ2v) is 3.17. The third-order valence-electron chi connectivity index (χ3n) is 1.84. The van der Waals surface area contributed by atoms with Crippen LogP contribution in [0.4, 0.5) is 19.0 Å². The maximum atomic E-state index is 11.8. The monoisotopic (exact) mass is 248 g/mol. The quantitative estimate of drug-likeness (QED) is 0.840. The van der Waals surface area contributed by atoms with Gasteiger partial charge < -0.3 is 10.6 Å². The van der Waals surface area contributed by atoms with Gasteiger partial charge in [0.25, 0.3) is 5.91 Å². The van der Waals surface area contributed by atoms with Crippen LogP contribution in [0.3, 0.4) is 0 Å². The molecule has 0 aliphatic heterocycles. The van der Waals surface area contributed by atoms with E-state index in [-0.39, 0.29) is 18.1 Å². The Morgan fingerprint density at radius 1 is 1.35 bits per heavy atom. The summed E-state index contributed by atoms with van der Waals surface area (Å²) >= 11 is 0. The summed E-state index contributed by atoms with van der Waals surface area (Å²) < 4.78 is 35.5. The molecule has 1 aromatic rings. The Morgan fingerprint density at radius 3 is 2.53 bits per heavy atom. The number of hydrogen-bond acceptors (Lipinski definition) is 4. The summed E-state index contributed by atoms with van der Waals surface area (Å²) in [5, 5.41) is 11.9. The van der Waals surface area contributed by atoms with Crippen LogP contribution in [0.2, 0.25) is 0 Å². The predicted molar refractivity (Wildman–Crippen MR) is 54.6 cm³/mol. The van der Waals surface area contributed by atoms with E-state index >= 15 is 0 Å². The van der Waals surface area contributed by atoms with Crippen molar-refractivity contribution in [3.05, 3.63) is 17.8 Å². The molecule has 0 aliphatic carbocycles. The minimum absolute atomic E-state index is 0.105. The highest BCUT2D eigenvalue weighted by atomic mass is 19.4. The van der Waals surface area contributed by atoms with Gasteiger partial charge in [-0.2, -0.15) is 13.2 Å². The molecule has 94 valence electrons. The van der Waals surface area contributed by atoms with Crippen LogP contribution in [-0.2, 0) is 0 Å². The fourth-order valence-electron chi connectivity index (χ4n) is 1.01. The molecule has 0 atom stereocenters. The van der Waals surface area contributed by atoms with E-state index in [0.717, 1.165) is 0 Å². The largest absolute Gasteiger partial charge is 0.390 e. The molecular weight excluding hydrogens is 237 g/mol. The molecule has 8 heteroatoms. The summed E-state index contributed by atoms with van der Waals surface area (Å²) in [7, 11) is 1.44. The average Bonchev–Trinajstić information content (AvgIpc) is 2.27. The molecule has 1 heterocycles. The number of rotatable bonds is 4. The summed E-state index contributed by atoms with van der Waals surface area (Å²) in [6.45, 7) is -0.280. The van der Waals surface area contributed by atoms with E-state index in [1.165, 1.54) is 19.2 Å². The first-order valence-electron chi connectivity index (χ1n) is 4.79. The lowest BCUT2D eigenvalue weighted by Gasteiger charge is -2.07. The van der Waals surface area contributed by atoms with E-state index < -0.39 is 18.5 Å². The number of aromatic nitrogens is 2. The number of alkyl halides is 3. The molecule has 0 saturated heterocycles. The zero-order valence-electron chi connectivity index (χ0n) is 9.01. The van der Waals surface area contributed by atoms with Gasteiger partial charge in [0, 0.05) is 13.6 Å². The number of nitrogens with one attached hydrogen (secondary N) is 2. The van der Waals surface area contributed by atoms with Crippen LogP contribution in [0.15, 0.2) is 12.1 Å².